The second-order valence-corrected chi connectivity index (χ2v) is 9.96. The maximum atomic E-state index is 13.2. The van der Waals surface area contributed by atoms with Crippen molar-refractivity contribution in [1.82, 2.24) is 9.88 Å². The fourth-order valence-corrected chi connectivity index (χ4v) is 5.74. The normalized spacial score (nSPS) is 15.6. The lowest BCUT2D eigenvalue weighted by Crippen LogP contribution is -2.50. The molecule has 0 saturated carbocycles. The molecule has 8 nitrogen and oxygen atoms in total. The average Bonchev–Trinajstić information content (AvgIpc) is 2.86. The van der Waals surface area contributed by atoms with E-state index in [0.29, 0.717) is 44.2 Å². The van der Waals surface area contributed by atoms with Crippen LogP contribution in [0.5, 0.6) is 0 Å². The van der Waals surface area contributed by atoms with Gasteiger partial charge in [-0.25, -0.2) is 13.4 Å². The van der Waals surface area contributed by atoms with Gasteiger partial charge < -0.3 is 10.6 Å². The minimum absolute atomic E-state index is 0.151. The van der Waals surface area contributed by atoms with Crippen LogP contribution in [0.25, 0.3) is 0 Å². The Bertz CT molecular complexity index is 1200. The largest absolute Gasteiger partial charge is 0.368 e. The van der Waals surface area contributed by atoms with Crippen molar-refractivity contribution in [2.24, 2.45) is 5.73 Å². The molecule has 4 rings (SSSR count). The summed E-state index contributed by atoms with van der Waals surface area (Å²) < 4.78 is 27.8. The summed E-state index contributed by atoms with van der Waals surface area (Å²) in [6.07, 6.45) is 1.42. The minimum atomic E-state index is -3.72. The van der Waals surface area contributed by atoms with Gasteiger partial charge in [0.25, 0.3) is 10.0 Å². The number of sulfonamides is 1. The summed E-state index contributed by atoms with van der Waals surface area (Å²) in [4.78, 5) is 20.9. The maximum Gasteiger partial charge on any atom is 0.265 e. The molecule has 1 atom stereocenters. The molecule has 1 saturated heterocycles. The second-order valence-electron chi connectivity index (χ2n) is 8.10. The maximum absolute atomic E-state index is 13.2. The molecule has 1 amide bonds. The molecule has 0 aliphatic carbocycles. The average molecular weight is 480 g/mol. The molecule has 1 aromatic heterocycles. The highest BCUT2D eigenvalue weighted by Crippen LogP contribution is 2.26. The topological polar surface area (TPSA) is 99.8 Å². The number of carbonyl (C=O) groups excluding carboxylic acids is 1. The number of para-hydroxylation sites is 1. The van der Waals surface area contributed by atoms with E-state index in [9.17, 15) is 13.2 Å². The summed E-state index contributed by atoms with van der Waals surface area (Å²) in [6.45, 7) is 4.71. The van der Waals surface area contributed by atoms with E-state index in [-0.39, 0.29) is 10.8 Å². The highest BCUT2D eigenvalue weighted by atomic mass is 32.2. The van der Waals surface area contributed by atoms with Crippen LogP contribution >= 0.6 is 0 Å². The molecule has 0 unspecified atom stereocenters. The Balaban J connectivity index is 1.45. The van der Waals surface area contributed by atoms with Gasteiger partial charge in [-0.3, -0.25) is 14.0 Å². The van der Waals surface area contributed by atoms with Gasteiger partial charge in [0.15, 0.2) is 0 Å². The predicted octanol–water partition coefficient (Wildman–Crippen LogP) is 2.65. The number of amides is 1. The molecule has 0 spiro atoms. The SMILES string of the molecule is CCN(c1ccccc1)S(=O)(=O)c1ccc(N2CCN([C@H](C(N)=O)c3ccccc3)CC2)nc1. The van der Waals surface area contributed by atoms with E-state index < -0.39 is 16.1 Å². The summed E-state index contributed by atoms with van der Waals surface area (Å²) in [5.74, 6) is 0.336. The summed E-state index contributed by atoms with van der Waals surface area (Å²) in [5.41, 5.74) is 7.22. The van der Waals surface area contributed by atoms with E-state index in [0.717, 1.165) is 5.56 Å². The van der Waals surface area contributed by atoms with E-state index in [2.05, 4.69) is 14.8 Å². The monoisotopic (exact) mass is 479 g/mol. The predicted molar refractivity (Wildman–Crippen MR) is 133 cm³/mol. The molecule has 0 radical (unpaired) electrons. The van der Waals surface area contributed by atoms with Crippen LogP contribution in [0, 0.1) is 0 Å². The Labute approximate surface area is 200 Å². The minimum Gasteiger partial charge on any atom is -0.368 e. The van der Waals surface area contributed by atoms with E-state index in [4.69, 9.17) is 5.73 Å². The quantitative estimate of drug-likeness (QED) is 0.533. The molecule has 3 aromatic rings. The number of anilines is 2. The van der Waals surface area contributed by atoms with Crippen LogP contribution in [0.4, 0.5) is 11.5 Å². The lowest BCUT2D eigenvalue weighted by atomic mass is 10.0. The van der Waals surface area contributed by atoms with Crippen molar-refractivity contribution in [2.45, 2.75) is 17.9 Å². The molecule has 0 bridgehead atoms. The summed E-state index contributed by atoms with van der Waals surface area (Å²) >= 11 is 0. The highest BCUT2D eigenvalue weighted by molar-refractivity contribution is 7.92. The molecular weight excluding hydrogens is 450 g/mol. The van der Waals surface area contributed by atoms with Crippen LogP contribution in [0.1, 0.15) is 18.5 Å². The first kappa shape index (κ1) is 23.7. The van der Waals surface area contributed by atoms with Gasteiger partial charge in [0.05, 0.1) is 5.69 Å². The van der Waals surface area contributed by atoms with E-state index in [1.807, 2.05) is 48.5 Å². The fraction of sp³-hybridized carbons (Fsp3) is 0.280. The van der Waals surface area contributed by atoms with Crippen LogP contribution in [-0.4, -0.2) is 56.9 Å². The van der Waals surface area contributed by atoms with Crippen LogP contribution in [-0.2, 0) is 14.8 Å². The Kier molecular flexibility index (Phi) is 7.14. The third kappa shape index (κ3) is 4.90. The molecule has 1 fully saturated rings. The molecule has 1 aliphatic rings. The van der Waals surface area contributed by atoms with Crippen molar-refractivity contribution in [3.8, 4) is 0 Å². The van der Waals surface area contributed by atoms with Gasteiger partial charge in [-0.1, -0.05) is 48.5 Å². The summed E-state index contributed by atoms with van der Waals surface area (Å²) in [7, 11) is -3.72. The zero-order valence-corrected chi connectivity index (χ0v) is 19.9. The molecule has 34 heavy (non-hydrogen) atoms. The van der Waals surface area contributed by atoms with Gasteiger partial charge >= 0.3 is 0 Å². The third-order valence-corrected chi connectivity index (χ3v) is 7.91. The number of rotatable bonds is 8. The van der Waals surface area contributed by atoms with Crippen molar-refractivity contribution in [2.75, 3.05) is 41.9 Å². The lowest BCUT2D eigenvalue weighted by molar-refractivity contribution is -0.123. The number of nitrogens with zero attached hydrogens (tertiary/aromatic N) is 4. The second kappa shape index (κ2) is 10.2. The van der Waals surface area contributed by atoms with E-state index >= 15 is 0 Å². The Morgan fingerprint density at radius 1 is 0.971 bits per heavy atom. The fourth-order valence-electron chi connectivity index (χ4n) is 4.32. The molecule has 2 aromatic carbocycles. The van der Waals surface area contributed by atoms with Gasteiger partial charge in [-0.2, -0.15) is 0 Å². The summed E-state index contributed by atoms with van der Waals surface area (Å²) in [6, 6.07) is 21.4. The van der Waals surface area contributed by atoms with Crippen molar-refractivity contribution < 1.29 is 13.2 Å². The Morgan fingerprint density at radius 3 is 2.12 bits per heavy atom. The molecule has 2 heterocycles. The van der Waals surface area contributed by atoms with E-state index in [1.165, 1.54) is 10.5 Å². The van der Waals surface area contributed by atoms with E-state index in [1.54, 1.807) is 31.2 Å². The first-order chi connectivity index (χ1) is 16.4. The van der Waals surface area contributed by atoms with Gasteiger partial charge in [0, 0.05) is 38.9 Å². The van der Waals surface area contributed by atoms with Gasteiger partial charge in [0.1, 0.15) is 16.8 Å². The highest BCUT2D eigenvalue weighted by Gasteiger charge is 2.30. The van der Waals surface area contributed by atoms with Crippen LogP contribution in [0.2, 0.25) is 0 Å². The number of primary amides is 1. The Morgan fingerprint density at radius 2 is 1.59 bits per heavy atom. The van der Waals surface area contributed by atoms with Gasteiger partial charge in [-0.05, 0) is 36.8 Å². The zero-order valence-electron chi connectivity index (χ0n) is 19.1. The lowest BCUT2D eigenvalue weighted by Gasteiger charge is -2.38. The standard InChI is InChI=1S/C25H29N5O3S/c1-2-30(21-11-7-4-8-12-21)34(32,33)22-13-14-23(27-19-22)28-15-17-29(18-16-28)24(25(26)31)20-9-5-3-6-10-20/h3-14,19,24H,2,15-18H2,1H3,(H2,26,31)/t24-/m0/s1. The van der Waals surface area contributed by atoms with Crippen molar-refractivity contribution in [3.05, 3.63) is 84.6 Å². The zero-order chi connectivity index (χ0) is 24.1. The first-order valence-corrected chi connectivity index (χ1v) is 12.7. The molecule has 9 heteroatoms. The number of pyridine rings is 1. The van der Waals surface area contributed by atoms with Gasteiger partial charge in [-0.15, -0.1) is 0 Å². The third-order valence-electron chi connectivity index (χ3n) is 6.03. The number of aromatic nitrogens is 1. The Hall–Kier alpha value is -3.43. The molecule has 1 aliphatic heterocycles. The molecular formula is C25H29N5O3S. The van der Waals surface area contributed by atoms with Crippen molar-refractivity contribution in [3.63, 3.8) is 0 Å². The smallest absolute Gasteiger partial charge is 0.265 e. The number of carbonyl (C=O) groups is 1. The number of piperazine rings is 1. The first-order valence-electron chi connectivity index (χ1n) is 11.3. The number of hydrogen-bond donors (Lipinski definition) is 1. The number of hydrogen-bond acceptors (Lipinski definition) is 6. The van der Waals surface area contributed by atoms with Gasteiger partial charge in [0.2, 0.25) is 5.91 Å². The van der Waals surface area contributed by atoms with Crippen LogP contribution in [0.15, 0.2) is 83.9 Å². The van der Waals surface area contributed by atoms with Crippen LogP contribution in [0.3, 0.4) is 0 Å². The van der Waals surface area contributed by atoms with Crippen molar-refractivity contribution in [1.29, 1.82) is 0 Å². The summed E-state index contributed by atoms with van der Waals surface area (Å²) in [5, 5.41) is 0. The number of benzene rings is 2. The van der Waals surface area contributed by atoms with Crippen molar-refractivity contribution >= 4 is 27.4 Å². The molecule has 2 N–H and O–H groups in total. The number of nitrogens with two attached hydrogens (primary N) is 1. The molecule has 178 valence electrons. The van der Waals surface area contributed by atoms with Crippen LogP contribution < -0.4 is 14.9 Å².